The highest BCUT2D eigenvalue weighted by Crippen LogP contribution is 2.35. The Bertz CT molecular complexity index is 1130. The first-order chi connectivity index (χ1) is 17.1. The number of carbonyl (C=O) groups excluding carboxylic acids is 2. The molecule has 1 saturated heterocycles. The van der Waals surface area contributed by atoms with E-state index in [4.69, 9.17) is 14.2 Å². The monoisotopic (exact) mass is 502 g/mol. The van der Waals surface area contributed by atoms with E-state index in [0.29, 0.717) is 30.9 Å². The van der Waals surface area contributed by atoms with Crippen LogP contribution in [0.25, 0.3) is 0 Å². The Morgan fingerprint density at radius 3 is 2.58 bits per heavy atom. The Morgan fingerprint density at radius 2 is 2.00 bits per heavy atom. The zero-order valence-corrected chi connectivity index (χ0v) is 20.9. The van der Waals surface area contributed by atoms with Crippen LogP contribution in [-0.4, -0.2) is 65.4 Å². The lowest BCUT2D eigenvalue weighted by atomic mass is 10.2. The third-order valence-electron chi connectivity index (χ3n) is 5.09. The van der Waals surface area contributed by atoms with Gasteiger partial charge in [0.2, 0.25) is 17.5 Å². The van der Waals surface area contributed by atoms with E-state index in [1.807, 2.05) is 0 Å². The summed E-state index contributed by atoms with van der Waals surface area (Å²) in [6.45, 7) is 7.73. The summed E-state index contributed by atoms with van der Waals surface area (Å²) in [6, 6.07) is 6.30. The van der Waals surface area contributed by atoms with Crippen molar-refractivity contribution < 1.29 is 28.7 Å². The van der Waals surface area contributed by atoms with Crippen LogP contribution in [-0.2, 0) is 9.47 Å². The molecule has 2 heterocycles. The Balaban J connectivity index is 2.23. The van der Waals surface area contributed by atoms with Crippen LogP contribution in [0.3, 0.4) is 0 Å². The number of benzene rings is 1. The van der Waals surface area contributed by atoms with Gasteiger partial charge in [-0.2, -0.15) is 9.97 Å². The maximum atomic E-state index is 13.2. The molecule has 2 aromatic rings. The zero-order valence-electron chi connectivity index (χ0n) is 20.9. The van der Waals surface area contributed by atoms with Crippen molar-refractivity contribution in [1.82, 2.24) is 15.3 Å². The number of anilines is 3. The van der Waals surface area contributed by atoms with Crippen molar-refractivity contribution in [3.8, 4) is 5.75 Å². The van der Waals surface area contributed by atoms with E-state index in [0.717, 1.165) is 0 Å². The lowest BCUT2D eigenvalue weighted by Gasteiger charge is -2.30. The summed E-state index contributed by atoms with van der Waals surface area (Å²) in [5.41, 5.74) is -1.76. The van der Waals surface area contributed by atoms with E-state index in [1.165, 1.54) is 12.0 Å². The maximum Gasteiger partial charge on any atom is 0.417 e. The van der Waals surface area contributed by atoms with Gasteiger partial charge in [-0.15, -0.1) is 0 Å². The molecule has 13 heteroatoms. The minimum Gasteiger partial charge on any atom is -0.495 e. The molecule has 0 radical (unpaired) electrons. The highest BCUT2D eigenvalue weighted by Gasteiger charge is 2.38. The highest BCUT2D eigenvalue weighted by atomic mass is 16.6. The number of hydrogen-bond acceptors (Lipinski definition) is 11. The van der Waals surface area contributed by atoms with Gasteiger partial charge >= 0.3 is 17.7 Å². The normalized spacial score (nSPS) is 15.2. The molecular weight excluding hydrogens is 472 g/mol. The second-order valence-electron chi connectivity index (χ2n) is 8.87. The second-order valence-corrected chi connectivity index (χ2v) is 8.87. The van der Waals surface area contributed by atoms with Gasteiger partial charge in [-0.05, 0) is 52.8 Å². The van der Waals surface area contributed by atoms with Crippen molar-refractivity contribution in [2.75, 3.05) is 37.0 Å². The molecule has 0 bridgehead atoms. The third-order valence-corrected chi connectivity index (χ3v) is 5.09. The first kappa shape index (κ1) is 26.6. The number of nitrogens with one attached hydrogen (secondary N) is 2. The summed E-state index contributed by atoms with van der Waals surface area (Å²) >= 11 is 0. The van der Waals surface area contributed by atoms with Gasteiger partial charge < -0.3 is 24.8 Å². The fourth-order valence-corrected chi connectivity index (χ4v) is 3.59. The third kappa shape index (κ3) is 6.16. The van der Waals surface area contributed by atoms with E-state index >= 15 is 0 Å². The molecule has 1 unspecified atom stereocenters. The predicted octanol–water partition coefficient (Wildman–Crippen LogP) is 3.42. The zero-order chi connectivity index (χ0) is 26.5. The number of para-hydroxylation sites is 2. The fraction of sp³-hybridized carbons (Fsp3) is 0.478. The van der Waals surface area contributed by atoms with Gasteiger partial charge in [-0.3, -0.25) is 10.1 Å². The van der Waals surface area contributed by atoms with Gasteiger partial charge in [0.25, 0.3) is 0 Å². The predicted molar refractivity (Wildman–Crippen MR) is 131 cm³/mol. The van der Waals surface area contributed by atoms with E-state index in [-0.39, 0.29) is 18.4 Å². The van der Waals surface area contributed by atoms with Gasteiger partial charge in [0.05, 0.1) is 30.4 Å². The average molecular weight is 503 g/mol. The van der Waals surface area contributed by atoms with Crippen LogP contribution in [0.4, 0.5) is 27.9 Å². The number of nitrogens with zero attached hydrogens (tertiary/aromatic N) is 4. The van der Waals surface area contributed by atoms with Gasteiger partial charge in [0.15, 0.2) is 0 Å². The summed E-state index contributed by atoms with van der Waals surface area (Å²) in [6.07, 6.45) is -0.188. The van der Waals surface area contributed by atoms with Crippen molar-refractivity contribution in [2.24, 2.45) is 0 Å². The van der Waals surface area contributed by atoms with Crippen LogP contribution < -0.4 is 20.3 Å². The highest BCUT2D eigenvalue weighted by molar-refractivity contribution is 5.96. The van der Waals surface area contributed by atoms with Gasteiger partial charge in [0, 0.05) is 6.54 Å². The fourth-order valence-electron chi connectivity index (χ4n) is 3.59. The maximum absolute atomic E-state index is 13.2. The van der Waals surface area contributed by atoms with Gasteiger partial charge in [0.1, 0.15) is 11.4 Å². The van der Waals surface area contributed by atoms with Crippen LogP contribution in [0.2, 0.25) is 0 Å². The van der Waals surface area contributed by atoms with Crippen LogP contribution in [0.15, 0.2) is 24.3 Å². The van der Waals surface area contributed by atoms with E-state index in [2.05, 4.69) is 20.6 Å². The SMILES string of the molecule is CCOC(=O)c1nc(N(C(=O)OC(C)(C)C)C2CCNC2)nc(Nc2ccccc2OC)c1[N+](=O)[O-]. The standard InChI is InChI=1S/C23H30N6O7/c1-6-35-20(30)17-18(29(32)33)19(25-15-9-7-8-10-16(15)34-5)27-21(26-17)28(14-11-12-24-13-14)22(31)36-23(2,3)4/h7-10,14,24H,6,11-13H2,1-5H3,(H,25,26,27). The number of amides is 1. The molecular formula is C23H30N6O7. The Hall–Kier alpha value is -4.00. The van der Waals surface area contributed by atoms with Crippen LogP contribution in [0.1, 0.15) is 44.6 Å². The number of ether oxygens (including phenoxy) is 3. The molecule has 13 nitrogen and oxygen atoms in total. The molecule has 1 amide bonds. The van der Waals surface area contributed by atoms with Crippen molar-refractivity contribution in [2.45, 2.75) is 45.8 Å². The molecule has 1 aromatic carbocycles. The smallest absolute Gasteiger partial charge is 0.417 e. The largest absolute Gasteiger partial charge is 0.495 e. The number of methoxy groups -OCH3 is 1. The molecule has 3 rings (SSSR count). The van der Waals surface area contributed by atoms with Gasteiger partial charge in [-0.25, -0.2) is 14.5 Å². The molecule has 1 fully saturated rings. The Labute approximate surface area is 208 Å². The van der Waals surface area contributed by atoms with E-state index in [1.54, 1.807) is 52.0 Å². The van der Waals surface area contributed by atoms with Crippen molar-refractivity contribution in [1.29, 1.82) is 0 Å². The van der Waals surface area contributed by atoms with Crippen molar-refractivity contribution in [3.63, 3.8) is 0 Å². The summed E-state index contributed by atoms with van der Waals surface area (Å²) in [5.74, 6) is -1.18. The molecule has 36 heavy (non-hydrogen) atoms. The molecule has 1 atom stereocenters. The topological polar surface area (TPSA) is 158 Å². The van der Waals surface area contributed by atoms with Crippen molar-refractivity contribution >= 4 is 35.2 Å². The lowest BCUT2D eigenvalue weighted by Crippen LogP contribution is -2.45. The van der Waals surface area contributed by atoms with Crippen LogP contribution >= 0.6 is 0 Å². The molecule has 0 saturated carbocycles. The first-order valence-corrected chi connectivity index (χ1v) is 11.4. The van der Waals surface area contributed by atoms with Crippen LogP contribution in [0, 0.1) is 10.1 Å². The quantitative estimate of drug-likeness (QED) is 0.309. The number of aromatic nitrogens is 2. The molecule has 194 valence electrons. The summed E-state index contributed by atoms with van der Waals surface area (Å²) in [4.78, 5) is 47.0. The number of rotatable bonds is 8. The molecule has 1 aliphatic rings. The molecule has 0 spiro atoms. The van der Waals surface area contributed by atoms with E-state index < -0.39 is 40.0 Å². The summed E-state index contributed by atoms with van der Waals surface area (Å²) in [7, 11) is 1.45. The summed E-state index contributed by atoms with van der Waals surface area (Å²) < 4.78 is 15.9. The Morgan fingerprint density at radius 1 is 1.28 bits per heavy atom. The molecule has 0 aliphatic carbocycles. The molecule has 2 N–H and O–H groups in total. The van der Waals surface area contributed by atoms with Crippen molar-refractivity contribution in [3.05, 3.63) is 40.1 Å². The second kappa shape index (κ2) is 11.2. The number of esters is 1. The Kier molecular flexibility index (Phi) is 8.25. The average Bonchev–Trinajstić information content (AvgIpc) is 3.32. The summed E-state index contributed by atoms with van der Waals surface area (Å²) in [5, 5.41) is 18.1. The van der Waals surface area contributed by atoms with Gasteiger partial charge in [-0.1, -0.05) is 12.1 Å². The lowest BCUT2D eigenvalue weighted by molar-refractivity contribution is -0.384. The number of carbonyl (C=O) groups is 2. The molecule has 1 aliphatic heterocycles. The molecule has 1 aromatic heterocycles. The number of hydrogen-bond donors (Lipinski definition) is 2. The first-order valence-electron chi connectivity index (χ1n) is 11.4. The van der Waals surface area contributed by atoms with E-state index in [9.17, 15) is 19.7 Å². The minimum atomic E-state index is -1.02. The minimum absolute atomic E-state index is 0.0348. The van der Waals surface area contributed by atoms with Crippen LogP contribution in [0.5, 0.6) is 5.75 Å². The number of nitro groups is 1.